The molecule has 0 aromatic carbocycles. The van der Waals surface area contributed by atoms with Crippen LogP contribution in [0.3, 0.4) is 0 Å². The topological polar surface area (TPSA) is 34.4 Å². The number of piperazine rings is 1. The number of hydrogen-bond donors (Lipinski definition) is 0. The van der Waals surface area contributed by atoms with Crippen molar-refractivity contribution in [2.75, 3.05) is 26.2 Å². The molecule has 1 aliphatic heterocycles. The van der Waals surface area contributed by atoms with Crippen LogP contribution in [0.4, 0.5) is 0 Å². The first-order chi connectivity index (χ1) is 4.30. The maximum atomic E-state index is 10.7. The average molecular weight is 313 g/mol. The van der Waals surface area contributed by atoms with E-state index in [1.54, 1.807) is 6.92 Å². The van der Waals surface area contributed by atoms with Crippen LogP contribution < -0.4 is 0 Å². The van der Waals surface area contributed by atoms with Gasteiger partial charge in [-0.25, -0.2) is 0 Å². The van der Waals surface area contributed by atoms with Gasteiger partial charge in [-0.1, -0.05) is 0 Å². The molecule has 3 nitrogen and oxygen atoms in total. The summed E-state index contributed by atoms with van der Waals surface area (Å²) in [5.74, 6) is 0.171. The fourth-order valence-corrected chi connectivity index (χ4v) is 0.921. The van der Waals surface area contributed by atoms with Crippen molar-refractivity contribution in [3.8, 4) is 0 Å². The third kappa shape index (κ3) is 2.78. The van der Waals surface area contributed by atoms with Crippen LogP contribution in [0, 0.1) is 0 Å². The zero-order valence-corrected chi connectivity index (χ0v) is 8.72. The van der Waals surface area contributed by atoms with Crippen LogP contribution in [0.25, 0.3) is 5.32 Å². The molecule has 0 unspecified atom stereocenters. The van der Waals surface area contributed by atoms with E-state index in [-0.39, 0.29) is 26.3 Å². The van der Waals surface area contributed by atoms with E-state index in [1.165, 1.54) is 0 Å². The van der Waals surface area contributed by atoms with Gasteiger partial charge in [-0.05, 0) is 0 Å². The Labute approximate surface area is 74.8 Å². The Morgan fingerprint density at radius 3 is 2.20 bits per heavy atom. The Kier molecular flexibility index (Phi) is 4.88. The van der Waals surface area contributed by atoms with Crippen LogP contribution in [-0.2, 0) is 25.2 Å². The van der Waals surface area contributed by atoms with Crippen LogP contribution in [0.1, 0.15) is 6.92 Å². The fourth-order valence-electron chi connectivity index (χ4n) is 0.921. The summed E-state index contributed by atoms with van der Waals surface area (Å²) in [5.41, 5.74) is 0. The molecule has 0 aromatic heterocycles. The van der Waals surface area contributed by atoms with Gasteiger partial charge in [0.25, 0.3) is 0 Å². The molecule has 59 valence electrons. The van der Waals surface area contributed by atoms with Crippen LogP contribution in [0.5, 0.6) is 0 Å². The number of carbonyl (C=O) groups is 1. The molecule has 1 fully saturated rings. The van der Waals surface area contributed by atoms with Gasteiger partial charge in [0.1, 0.15) is 0 Å². The quantitative estimate of drug-likeness (QED) is 0.630. The van der Waals surface area contributed by atoms with Gasteiger partial charge in [-0.3, -0.25) is 4.79 Å². The van der Waals surface area contributed by atoms with E-state index < -0.39 is 0 Å². The second-order valence-electron chi connectivity index (χ2n) is 2.18. The monoisotopic (exact) mass is 314 g/mol. The van der Waals surface area contributed by atoms with Gasteiger partial charge in [-0.2, -0.15) is 0 Å². The summed E-state index contributed by atoms with van der Waals surface area (Å²) in [6.45, 7) is 4.87. The first-order valence-corrected chi connectivity index (χ1v) is 3.19. The minimum absolute atomic E-state index is 0. The third-order valence-corrected chi connectivity index (χ3v) is 1.50. The van der Waals surface area contributed by atoms with Gasteiger partial charge >= 0.3 is 0 Å². The zero-order valence-electron chi connectivity index (χ0n) is 6.01. The van der Waals surface area contributed by atoms with Crippen molar-refractivity contribution < 1.29 is 25.2 Å². The Hall–Kier alpha value is 0.0923. The van der Waals surface area contributed by atoms with E-state index in [9.17, 15) is 4.79 Å². The van der Waals surface area contributed by atoms with Crippen molar-refractivity contribution in [2.24, 2.45) is 0 Å². The third-order valence-electron chi connectivity index (χ3n) is 1.50. The van der Waals surface area contributed by atoms with E-state index in [0.717, 1.165) is 26.2 Å². The molecule has 1 radical (unpaired) electrons. The van der Waals surface area contributed by atoms with Crippen molar-refractivity contribution in [3.63, 3.8) is 0 Å². The SMILES string of the molecule is CC(=O)N1CC[N-]CC1.[Re]. The van der Waals surface area contributed by atoms with E-state index >= 15 is 0 Å². The molecular weight excluding hydrogens is 302 g/mol. The van der Waals surface area contributed by atoms with Gasteiger partial charge in [0.2, 0.25) is 5.91 Å². The van der Waals surface area contributed by atoms with Crippen LogP contribution in [0.2, 0.25) is 0 Å². The molecule has 1 saturated heterocycles. The summed E-state index contributed by atoms with van der Waals surface area (Å²) in [6.07, 6.45) is 0. The number of amides is 1. The molecule has 0 bridgehead atoms. The standard InChI is InChI=1S/C6H11N2O.Re/c1-6(9)8-4-2-7-3-5-8;/h2-5H2,1H3;/q-1;. The van der Waals surface area contributed by atoms with Crippen molar-refractivity contribution >= 4 is 5.91 Å². The van der Waals surface area contributed by atoms with Gasteiger partial charge in [-0.15, -0.1) is 13.1 Å². The van der Waals surface area contributed by atoms with Crippen LogP contribution >= 0.6 is 0 Å². The minimum Gasteiger partial charge on any atom is -0.659 e. The summed E-state index contributed by atoms with van der Waals surface area (Å²) in [4.78, 5) is 12.5. The average Bonchev–Trinajstić information content (AvgIpc) is 1.90. The van der Waals surface area contributed by atoms with Gasteiger partial charge < -0.3 is 10.2 Å². The Balaban J connectivity index is 0.000000810. The summed E-state index contributed by atoms with van der Waals surface area (Å²) >= 11 is 0. The number of carbonyl (C=O) groups excluding carboxylic acids is 1. The van der Waals surface area contributed by atoms with Crippen LogP contribution in [-0.4, -0.2) is 37.0 Å². The van der Waals surface area contributed by atoms with Crippen molar-refractivity contribution in [1.82, 2.24) is 4.90 Å². The molecule has 0 N–H and O–H groups in total. The molecule has 0 aromatic rings. The molecule has 0 spiro atoms. The number of rotatable bonds is 0. The van der Waals surface area contributed by atoms with Crippen molar-refractivity contribution in [1.29, 1.82) is 0 Å². The molecule has 1 amide bonds. The van der Waals surface area contributed by atoms with Gasteiger partial charge in [0, 0.05) is 40.4 Å². The number of nitrogens with zero attached hydrogens (tertiary/aromatic N) is 2. The van der Waals surface area contributed by atoms with E-state index in [0.29, 0.717) is 0 Å². The first kappa shape index (κ1) is 10.1. The normalized spacial score (nSPS) is 17.9. The van der Waals surface area contributed by atoms with Gasteiger partial charge in [0.15, 0.2) is 0 Å². The summed E-state index contributed by atoms with van der Waals surface area (Å²) in [7, 11) is 0. The minimum atomic E-state index is 0. The Morgan fingerprint density at radius 2 is 1.90 bits per heavy atom. The molecule has 0 aliphatic carbocycles. The van der Waals surface area contributed by atoms with E-state index in [1.807, 2.05) is 4.90 Å². The maximum absolute atomic E-state index is 10.7. The van der Waals surface area contributed by atoms with Gasteiger partial charge in [0.05, 0.1) is 0 Å². The molecule has 4 heteroatoms. The molecule has 1 rings (SSSR count). The summed E-state index contributed by atoms with van der Waals surface area (Å²) in [5, 5.41) is 4.12. The van der Waals surface area contributed by atoms with E-state index in [2.05, 4.69) is 5.32 Å². The largest absolute Gasteiger partial charge is 0.659 e. The molecule has 0 atom stereocenters. The zero-order chi connectivity index (χ0) is 6.69. The fraction of sp³-hybridized carbons (Fsp3) is 0.833. The smallest absolute Gasteiger partial charge is 0.219 e. The second-order valence-corrected chi connectivity index (χ2v) is 2.18. The van der Waals surface area contributed by atoms with E-state index in [4.69, 9.17) is 0 Å². The molecule has 1 aliphatic rings. The van der Waals surface area contributed by atoms with Crippen molar-refractivity contribution in [2.45, 2.75) is 6.92 Å². The molecule has 10 heavy (non-hydrogen) atoms. The molecule has 0 saturated carbocycles. The Bertz CT molecular complexity index is 112. The Morgan fingerprint density at radius 1 is 1.40 bits per heavy atom. The second kappa shape index (κ2) is 4.84. The predicted octanol–water partition coefficient (Wildman–Crippen LogP) is 0.220. The summed E-state index contributed by atoms with van der Waals surface area (Å²) < 4.78 is 0. The molecular formula is C6H11N2ORe-. The van der Waals surface area contributed by atoms with Crippen molar-refractivity contribution in [3.05, 3.63) is 5.32 Å². The maximum Gasteiger partial charge on any atom is 0.219 e. The first-order valence-electron chi connectivity index (χ1n) is 3.19. The number of hydrogen-bond acceptors (Lipinski definition) is 1. The molecule has 1 heterocycles. The van der Waals surface area contributed by atoms with Crippen LogP contribution in [0.15, 0.2) is 0 Å². The predicted molar refractivity (Wildman–Crippen MR) is 35.3 cm³/mol. The summed E-state index contributed by atoms with van der Waals surface area (Å²) in [6, 6.07) is 0.